The number of methoxy groups -OCH3 is 1. The molecule has 1 amide bonds. The molecule has 1 aromatic heterocycles. The van der Waals surface area contributed by atoms with Gasteiger partial charge in [0.25, 0.3) is 5.91 Å². The molecule has 0 saturated heterocycles. The normalized spacial score (nSPS) is 10.1. The van der Waals surface area contributed by atoms with Crippen LogP contribution in [0.4, 0.5) is 5.82 Å². The summed E-state index contributed by atoms with van der Waals surface area (Å²) in [5.41, 5.74) is 6.36. The summed E-state index contributed by atoms with van der Waals surface area (Å²) in [5.74, 6) is 0.628. The van der Waals surface area contributed by atoms with Crippen LogP contribution < -0.4 is 38.2 Å². The highest BCUT2D eigenvalue weighted by Gasteiger charge is 2.15. The van der Waals surface area contributed by atoms with Gasteiger partial charge in [-0.2, -0.15) is 0 Å². The molecule has 0 spiro atoms. The quantitative estimate of drug-likeness (QED) is 0.419. The standard InChI is InChI=1S/C15H20ClN5O4.ClH/c1-3-24-11-7-9(6-10(16)13(11)23-2)8-18-4-5-19-15(22)12-14(17)21-25-20-12;/h6-7,18H,3-5,8H2,1-2H3,(H2,17,21)(H,19,22);1H/p-1. The van der Waals surface area contributed by atoms with E-state index < -0.39 is 5.91 Å². The third kappa shape index (κ3) is 5.65. The molecule has 0 bridgehead atoms. The molecular formula is C15H20Cl2N5O4-. The lowest BCUT2D eigenvalue weighted by Crippen LogP contribution is -3.00. The van der Waals surface area contributed by atoms with Gasteiger partial charge in [0.1, 0.15) is 0 Å². The SMILES string of the molecule is CCOc1cc(CNCCNC(=O)c2nonc2N)cc(Cl)c1OC.[Cl-]. The first-order chi connectivity index (χ1) is 12.1. The average molecular weight is 405 g/mol. The number of anilines is 1. The van der Waals surface area contributed by atoms with Crippen LogP contribution in [0.3, 0.4) is 0 Å². The minimum atomic E-state index is -0.438. The Morgan fingerprint density at radius 2 is 2.12 bits per heavy atom. The van der Waals surface area contributed by atoms with Crippen LogP contribution in [0, 0.1) is 0 Å². The molecule has 144 valence electrons. The van der Waals surface area contributed by atoms with E-state index in [1.165, 1.54) is 0 Å². The van der Waals surface area contributed by atoms with Crippen molar-refractivity contribution < 1.29 is 31.3 Å². The summed E-state index contributed by atoms with van der Waals surface area (Å²) in [4.78, 5) is 11.8. The van der Waals surface area contributed by atoms with Crippen molar-refractivity contribution in [1.82, 2.24) is 20.9 Å². The van der Waals surface area contributed by atoms with Crippen LogP contribution in [0.5, 0.6) is 11.5 Å². The molecule has 0 fully saturated rings. The molecule has 0 atom stereocenters. The number of nitrogens with two attached hydrogens (primary N) is 1. The maximum Gasteiger partial charge on any atom is 0.277 e. The number of nitrogens with one attached hydrogen (secondary N) is 2. The van der Waals surface area contributed by atoms with Crippen LogP contribution in [0.2, 0.25) is 5.02 Å². The van der Waals surface area contributed by atoms with Crippen molar-refractivity contribution in [1.29, 1.82) is 0 Å². The van der Waals surface area contributed by atoms with Gasteiger partial charge in [0.05, 0.1) is 18.7 Å². The summed E-state index contributed by atoms with van der Waals surface area (Å²) >= 11 is 6.20. The summed E-state index contributed by atoms with van der Waals surface area (Å²) in [5, 5.41) is 13.1. The fourth-order valence-corrected chi connectivity index (χ4v) is 2.43. The van der Waals surface area contributed by atoms with E-state index in [0.29, 0.717) is 42.8 Å². The van der Waals surface area contributed by atoms with Gasteiger partial charge in [0.15, 0.2) is 11.5 Å². The lowest BCUT2D eigenvalue weighted by molar-refractivity contribution is -0.0000148. The van der Waals surface area contributed by atoms with Crippen LogP contribution >= 0.6 is 11.6 Å². The van der Waals surface area contributed by atoms with E-state index in [2.05, 4.69) is 25.6 Å². The predicted octanol–water partition coefficient (Wildman–Crippen LogP) is -1.76. The molecule has 0 aliphatic rings. The van der Waals surface area contributed by atoms with Crippen molar-refractivity contribution in [3.8, 4) is 11.5 Å². The van der Waals surface area contributed by atoms with Crippen molar-refractivity contribution in [3.63, 3.8) is 0 Å². The minimum Gasteiger partial charge on any atom is -1.00 e. The molecule has 1 heterocycles. The maximum atomic E-state index is 11.8. The zero-order valence-electron chi connectivity index (χ0n) is 14.3. The smallest absolute Gasteiger partial charge is 0.277 e. The Hall–Kier alpha value is -2.23. The second-order valence-electron chi connectivity index (χ2n) is 4.97. The zero-order valence-corrected chi connectivity index (χ0v) is 15.9. The van der Waals surface area contributed by atoms with Crippen LogP contribution in [0.25, 0.3) is 0 Å². The fourth-order valence-electron chi connectivity index (χ4n) is 2.12. The van der Waals surface area contributed by atoms with E-state index in [1.807, 2.05) is 13.0 Å². The molecule has 0 aliphatic heterocycles. The van der Waals surface area contributed by atoms with Gasteiger partial charge in [-0.25, -0.2) is 4.63 Å². The third-order valence-electron chi connectivity index (χ3n) is 3.22. The van der Waals surface area contributed by atoms with Gasteiger partial charge in [-0.1, -0.05) is 11.6 Å². The van der Waals surface area contributed by atoms with Crippen LogP contribution in [-0.4, -0.2) is 43.0 Å². The Morgan fingerprint density at radius 3 is 2.73 bits per heavy atom. The van der Waals surface area contributed by atoms with Crippen molar-refractivity contribution in [2.24, 2.45) is 0 Å². The summed E-state index contributed by atoms with van der Waals surface area (Å²) in [6.07, 6.45) is 0. The summed E-state index contributed by atoms with van der Waals surface area (Å²) < 4.78 is 15.2. The number of ether oxygens (including phenoxy) is 2. The van der Waals surface area contributed by atoms with Gasteiger partial charge >= 0.3 is 0 Å². The number of carbonyl (C=O) groups excluding carboxylic acids is 1. The average Bonchev–Trinajstić information content (AvgIpc) is 3.01. The Bertz CT molecular complexity index is 726. The first-order valence-corrected chi connectivity index (χ1v) is 8.00. The highest BCUT2D eigenvalue weighted by atomic mass is 35.5. The molecule has 0 unspecified atom stereocenters. The van der Waals surface area contributed by atoms with Crippen molar-refractivity contribution in [2.75, 3.05) is 32.5 Å². The van der Waals surface area contributed by atoms with Gasteiger partial charge in [-0.3, -0.25) is 4.79 Å². The molecule has 11 heteroatoms. The molecule has 0 saturated carbocycles. The molecular weight excluding hydrogens is 385 g/mol. The fraction of sp³-hybridized carbons (Fsp3) is 0.400. The largest absolute Gasteiger partial charge is 1.00 e. The molecule has 4 N–H and O–H groups in total. The number of carbonyl (C=O) groups is 1. The predicted molar refractivity (Wildman–Crippen MR) is 91.9 cm³/mol. The van der Waals surface area contributed by atoms with E-state index in [-0.39, 0.29) is 23.9 Å². The Morgan fingerprint density at radius 1 is 1.35 bits per heavy atom. The van der Waals surface area contributed by atoms with Gasteiger partial charge in [-0.15, -0.1) is 0 Å². The summed E-state index contributed by atoms with van der Waals surface area (Å²) in [6.45, 7) is 3.86. The lowest BCUT2D eigenvalue weighted by Gasteiger charge is -2.13. The zero-order chi connectivity index (χ0) is 18.2. The van der Waals surface area contributed by atoms with Crippen molar-refractivity contribution in [2.45, 2.75) is 13.5 Å². The number of rotatable bonds is 9. The molecule has 26 heavy (non-hydrogen) atoms. The summed E-state index contributed by atoms with van der Waals surface area (Å²) in [6, 6.07) is 3.66. The number of nitrogen functional groups attached to an aromatic ring is 1. The first kappa shape index (κ1) is 21.8. The second-order valence-corrected chi connectivity index (χ2v) is 5.38. The molecule has 0 radical (unpaired) electrons. The topological polar surface area (TPSA) is 125 Å². The van der Waals surface area contributed by atoms with Gasteiger partial charge in [0.2, 0.25) is 11.5 Å². The minimum absolute atomic E-state index is 0. The third-order valence-corrected chi connectivity index (χ3v) is 3.50. The Kier molecular flexibility index (Phi) is 8.97. The molecule has 1 aromatic carbocycles. The van der Waals surface area contributed by atoms with Gasteiger partial charge in [-0.05, 0) is 34.9 Å². The number of nitrogens with zero attached hydrogens (tertiary/aromatic N) is 2. The van der Waals surface area contributed by atoms with Crippen LogP contribution in [-0.2, 0) is 6.54 Å². The number of aromatic nitrogens is 2. The van der Waals surface area contributed by atoms with E-state index >= 15 is 0 Å². The highest BCUT2D eigenvalue weighted by molar-refractivity contribution is 6.32. The Balaban J connectivity index is 0.00000338. The first-order valence-electron chi connectivity index (χ1n) is 7.63. The lowest BCUT2D eigenvalue weighted by atomic mass is 10.2. The number of hydrogen-bond acceptors (Lipinski definition) is 8. The number of amides is 1. The number of benzene rings is 1. The van der Waals surface area contributed by atoms with E-state index in [9.17, 15) is 4.79 Å². The number of hydrogen-bond donors (Lipinski definition) is 3. The van der Waals surface area contributed by atoms with Crippen LogP contribution in [0.1, 0.15) is 23.0 Å². The van der Waals surface area contributed by atoms with Crippen molar-refractivity contribution in [3.05, 3.63) is 28.4 Å². The van der Waals surface area contributed by atoms with Gasteiger partial charge < -0.3 is 38.2 Å². The van der Waals surface area contributed by atoms with E-state index in [1.54, 1.807) is 13.2 Å². The monoisotopic (exact) mass is 404 g/mol. The maximum absolute atomic E-state index is 11.8. The van der Waals surface area contributed by atoms with Crippen molar-refractivity contribution >= 4 is 23.3 Å². The number of halogens is 2. The summed E-state index contributed by atoms with van der Waals surface area (Å²) in [7, 11) is 1.54. The van der Waals surface area contributed by atoms with Gasteiger partial charge in [0, 0.05) is 19.6 Å². The molecule has 0 aliphatic carbocycles. The van der Waals surface area contributed by atoms with E-state index in [0.717, 1.165) is 5.56 Å². The second kappa shape index (κ2) is 10.7. The van der Waals surface area contributed by atoms with E-state index in [4.69, 9.17) is 26.8 Å². The molecule has 9 nitrogen and oxygen atoms in total. The highest BCUT2D eigenvalue weighted by Crippen LogP contribution is 2.36. The molecule has 2 aromatic rings. The molecule has 2 rings (SSSR count). The van der Waals surface area contributed by atoms with Crippen LogP contribution in [0.15, 0.2) is 16.8 Å². The Labute approximate surface area is 161 Å².